The van der Waals surface area contributed by atoms with E-state index >= 15 is 0 Å². The molecule has 0 spiro atoms. The molecule has 3 rings (SSSR count). The van der Waals surface area contributed by atoms with E-state index < -0.39 is 17.9 Å². The van der Waals surface area contributed by atoms with Gasteiger partial charge in [-0.2, -0.15) is 0 Å². The number of imide groups is 1. The highest BCUT2D eigenvalue weighted by Crippen LogP contribution is 2.36. The van der Waals surface area contributed by atoms with Crippen molar-refractivity contribution >= 4 is 17.8 Å². The first-order valence-corrected chi connectivity index (χ1v) is 6.55. The van der Waals surface area contributed by atoms with Gasteiger partial charge in [0, 0.05) is 7.05 Å². The maximum absolute atomic E-state index is 11.9. The van der Waals surface area contributed by atoms with Gasteiger partial charge < -0.3 is 4.74 Å². The molecule has 0 aliphatic carbocycles. The lowest BCUT2D eigenvalue weighted by Crippen LogP contribution is -2.41. The van der Waals surface area contributed by atoms with Gasteiger partial charge in [-0.1, -0.05) is 12.1 Å². The number of hydrogen-bond acceptors (Lipinski definition) is 6. The minimum absolute atomic E-state index is 0.274. The molecule has 2 fully saturated rings. The molecular weight excluding hydrogens is 274 g/mol. The van der Waals surface area contributed by atoms with Crippen LogP contribution in [0.15, 0.2) is 24.3 Å². The van der Waals surface area contributed by atoms with Gasteiger partial charge >= 0.3 is 5.97 Å². The molecule has 0 bridgehead atoms. The predicted molar refractivity (Wildman–Crippen MR) is 71.8 cm³/mol. The molecule has 0 radical (unpaired) electrons. The molecule has 2 heterocycles. The van der Waals surface area contributed by atoms with Gasteiger partial charge in [0.15, 0.2) is 0 Å². The van der Waals surface area contributed by atoms with Crippen LogP contribution in [0.25, 0.3) is 0 Å². The highest BCUT2D eigenvalue weighted by molar-refractivity contribution is 6.07. The Balaban J connectivity index is 1.89. The summed E-state index contributed by atoms with van der Waals surface area (Å²) in [6, 6.07) is 6.02. The van der Waals surface area contributed by atoms with Crippen LogP contribution >= 0.6 is 0 Å². The Morgan fingerprint density at radius 3 is 2.48 bits per heavy atom. The second kappa shape index (κ2) is 4.94. The molecule has 7 nitrogen and oxygen atoms in total. The molecule has 0 aromatic heterocycles. The van der Waals surface area contributed by atoms with Gasteiger partial charge in [-0.15, -0.1) is 0 Å². The molecule has 110 valence electrons. The van der Waals surface area contributed by atoms with Gasteiger partial charge in [0.25, 0.3) is 0 Å². The summed E-state index contributed by atoms with van der Waals surface area (Å²) in [5.74, 6) is -1.44. The van der Waals surface area contributed by atoms with Crippen LogP contribution in [-0.4, -0.2) is 43.0 Å². The average Bonchev–Trinajstić information content (AvgIpc) is 2.98. The standard InChI is InChI=1S/C14H15N3O4/c1-17-11-9(12(18)15-13(11)19)10(16-17)7-3-5-8(6-4-7)14(20)21-2/h3-6,9-11,16H,1-2H3,(H,15,18,19)/t9-,10-,11-/m0/s1. The number of amides is 2. The van der Waals surface area contributed by atoms with Gasteiger partial charge in [-0.25, -0.2) is 15.2 Å². The number of hydrazine groups is 1. The minimum atomic E-state index is -0.497. The lowest BCUT2D eigenvalue weighted by molar-refractivity contribution is -0.127. The summed E-state index contributed by atoms with van der Waals surface area (Å²) < 4.78 is 4.65. The van der Waals surface area contributed by atoms with E-state index in [1.54, 1.807) is 36.3 Å². The molecule has 1 aromatic carbocycles. The fourth-order valence-corrected chi connectivity index (χ4v) is 2.94. The summed E-state index contributed by atoms with van der Waals surface area (Å²) >= 11 is 0. The molecule has 0 saturated carbocycles. The average molecular weight is 289 g/mol. The zero-order chi connectivity index (χ0) is 15.1. The third kappa shape index (κ3) is 2.10. The van der Waals surface area contributed by atoms with Crippen molar-refractivity contribution in [2.75, 3.05) is 14.2 Å². The second-order valence-electron chi connectivity index (χ2n) is 5.16. The van der Waals surface area contributed by atoms with E-state index in [4.69, 9.17) is 0 Å². The van der Waals surface area contributed by atoms with E-state index in [0.717, 1.165) is 5.56 Å². The number of esters is 1. The Bertz CT molecular complexity index is 613. The van der Waals surface area contributed by atoms with Gasteiger partial charge in [0.1, 0.15) is 6.04 Å². The number of nitrogens with one attached hydrogen (secondary N) is 2. The number of benzene rings is 1. The maximum Gasteiger partial charge on any atom is 0.337 e. The predicted octanol–water partition coefficient (Wildman–Crippen LogP) is -0.394. The Labute approximate surface area is 121 Å². The van der Waals surface area contributed by atoms with E-state index in [-0.39, 0.29) is 17.9 Å². The van der Waals surface area contributed by atoms with E-state index in [1.807, 2.05) is 0 Å². The fraction of sp³-hybridized carbons (Fsp3) is 0.357. The topological polar surface area (TPSA) is 87.7 Å². The number of likely N-dealkylation sites (N-methyl/N-ethyl adjacent to an activating group) is 1. The summed E-state index contributed by atoms with van der Waals surface area (Å²) in [6.45, 7) is 0. The first kappa shape index (κ1) is 13.7. The van der Waals surface area contributed by atoms with Crippen LogP contribution in [0.2, 0.25) is 0 Å². The van der Waals surface area contributed by atoms with Crippen molar-refractivity contribution in [3.05, 3.63) is 35.4 Å². The zero-order valence-electron chi connectivity index (χ0n) is 11.6. The molecule has 2 aliphatic heterocycles. The Kier molecular flexibility index (Phi) is 3.23. The summed E-state index contributed by atoms with van der Waals surface area (Å²) in [7, 11) is 3.06. The minimum Gasteiger partial charge on any atom is -0.465 e. The maximum atomic E-state index is 11.9. The van der Waals surface area contributed by atoms with Crippen molar-refractivity contribution in [1.82, 2.24) is 15.8 Å². The molecule has 0 unspecified atom stereocenters. The van der Waals surface area contributed by atoms with E-state index in [1.165, 1.54) is 7.11 Å². The number of carbonyl (C=O) groups is 3. The van der Waals surface area contributed by atoms with Crippen molar-refractivity contribution in [3.63, 3.8) is 0 Å². The molecule has 21 heavy (non-hydrogen) atoms. The smallest absolute Gasteiger partial charge is 0.337 e. The summed E-state index contributed by atoms with van der Waals surface area (Å²) in [5, 5.41) is 4.01. The number of nitrogens with zero attached hydrogens (tertiary/aromatic N) is 1. The highest BCUT2D eigenvalue weighted by Gasteiger charge is 2.53. The van der Waals surface area contributed by atoms with Crippen molar-refractivity contribution in [3.8, 4) is 0 Å². The number of methoxy groups -OCH3 is 1. The van der Waals surface area contributed by atoms with Crippen LogP contribution in [0, 0.1) is 5.92 Å². The largest absolute Gasteiger partial charge is 0.465 e. The van der Waals surface area contributed by atoms with E-state index in [9.17, 15) is 14.4 Å². The van der Waals surface area contributed by atoms with Crippen molar-refractivity contribution in [1.29, 1.82) is 0 Å². The third-order valence-corrected chi connectivity index (χ3v) is 3.97. The molecule has 7 heteroatoms. The van der Waals surface area contributed by atoms with Crippen LogP contribution in [0.5, 0.6) is 0 Å². The van der Waals surface area contributed by atoms with Crippen molar-refractivity contribution < 1.29 is 19.1 Å². The van der Waals surface area contributed by atoms with Gasteiger partial charge in [0.2, 0.25) is 11.8 Å². The fourth-order valence-electron chi connectivity index (χ4n) is 2.94. The SMILES string of the molecule is COC(=O)c1ccc([C@@H]2NN(C)[C@@H]3C(=O)NC(=O)[C@H]32)cc1. The van der Waals surface area contributed by atoms with Gasteiger partial charge in [-0.3, -0.25) is 14.9 Å². The second-order valence-corrected chi connectivity index (χ2v) is 5.16. The van der Waals surface area contributed by atoms with Crippen molar-refractivity contribution in [2.24, 2.45) is 5.92 Å². The molecule has 2 amide bonds. The van der Waals surface area contributed by atoms with E-state index in [0.29, 0.717) is 5.56 Å². The van der Waals surface area contributed by atoms with Crippen molar-refractivity contribution in [2.45, 2.75) is 12.1 Å². The van der Waals surface area contributed by atoms with Crippen LogP contribution in [0.3, 0.4) is 0 Å². The van der Waals surface area contributed by atoms with Gasteiger partial charge in [-0.05, 0) is 17.7 Å². The number of carbonyl (C=O) groups excluding carboxylic acids is 3. The molecule has 1 aromatic rings. The Morgan fingerprint density at radius 1 is 1.19 bits per heavy atom. The molecule has 3 atom stereocenters. The van der Waals surface area contributed by atoms with Gasteiger partial charge in [0.05, 0.1) is 24.6 Å². The Morgan fingerprint density at radius 2 is 1.86 bits per heavy atom. The normalized spacial score (nSPS) is 28.4. The number of ether oxygens (including phenoxy) is 1. The van der Waals surface area contributed by atoms with E-state index in [2.05, 4.69) is 15.5 Å². The zero-order valence-corrected chi connectivity index (χ0v) is 11.6. The monoisotopic (exact) mass is 289 g/mol. The number of rotatable bonds is 2. The first-order chi connectivity index (χ1) is 10.0. The molecule has 2 aliphatic rings. The third-order valence-electron chi connectivity index (χ3n) is 3.97. The lowest BCUT2D eigenvalue weighted by atomic mass is 9.90. The molecular formula is C14H15N3O4. The van der Waals surface area contributed by atoms with Crippen LogP contribution in [0.1, 0.15) is 22.0 Å². The molecule has 2 saturated heterocycles. The first-order valence-electron chi connectivity index (χ1n) is 6.55. The van der Waals surface area contributed by atoms with Crippen LogP contribution < -0.4 is 10.7 Å². The quantitative estimate of drug-likeness (QED) is 0.569. The number of fused-ring (bicyclic) bond motifs is 1. The summed E-state index contributed by atoms with van der Waals surface area (Å²) in [5.41, 5.74) is 4.41. The Hall–Kier alpha value is -2.25. The molecule has 2 N–H and O–H groups in total. The highest BCUT2D eigenvalue weighted by atomic mass is 16.5. The summed E-state index contributed by atoms with van der Waals surface area (Å²) in [6.07, 6.45) is 0. The summed E-state index contributed by atoms with van der Waals surface area (Å²) in [4.78, 5) is 35.1. The lowest BCUT2D eigenvalue weighted by Gasteiger charge is -2.17. The van der Waals surface area contributed by atoms with Crippen LogP contribution in [0.4, 0.5) is 0 Å². The number of hydrogen-bond donors (Lipinski definition) is 2. The van der Waals surface area contributed by atoms with Crippen LogP contribution in [-0.2, 0) is 14.3 Å².